The second-order valence-electron chi connectivity index (χ2n) is 6.50. The van der Waals surface area contributed by atoms with Gasteiger partial charge in [0.25, 0.3) is 0 Å². The van der Waals surface area contributed by atoms with Crippen molar-refractivity contribution in [2.24, 2.45) is 0 Å². The van der Waals surface area contributed by atoms with Gasteiger partial charge in [-0.05, 0) is 32.1 Å². The molecule has 19 heavy (non-hydrogen) atoms. The number of rotatable bonds is 4. The zero-order valence-electron chi connectivity index (χ0n) is 12.0. The van der Waals surface area contributed by atoms with Crippen LogP contribution >= 0.6 is 0 Å². The molecule has 0 aromatic heterocycles. The normalized spacial score (nSPS) is 33.5. The van der Waals surface area contributed by atoms with Gasteiger partial charge in [-0.15, -0.1) is 0 Å². The summed E-state index contributed by atoms with van der Waals surface area (Å²) in [5, 5.41) is 3.68. The van der Waals surface area contributed by atoms with Crippen molar-refractivity contribution in [2.45, 2.75) is 69.0 Å². The van der Waals surface area contributed by atoms with Gasteiger partial charge in [0.2, 0.25) is 0 Å². The molecule has 0 aromatic carbocycles. The lowest BCUT2D eigenvalue weighted by Crippen LogP contribution is -2.58. The lowest BCUT2D eigenvalue weighted by Gasteiger charge is -2.34. The average Bonchev–Trinajstić information content (AvgIpc) is 3.21. The molecule has 3 aliphatic rings. The number of ether oxygens (including phenoxy) is 1. The van der Waals surface area contributed by atoms with Crippen LogP contribution in [-0.4, -0.2) is 48.7 Å². The zero-order chi connectivity index (χ0) is 13.3. The highest BCUT2D eigenvalue weighted by Crippen LogP contribution is 2.35. The van der Waals surface area contributed by atoms with Crippen molar-refractivity contribution in [2.75, 3.05) is 20.2 Å². The van der Waals surface area contributed by atoms with Crippen molar-refractivity contribution in [1.82, 2.24) is 10.2 Å². The molecule has 4 heteroatoms. The first-order valence-electron chi connectivity index (χ1n) is 7.84. The molecular formula is C15H26N2O2. The number of hydrogen-bond donors (Lipinski definition) is 1. The Hall–Kier alpha value is -0.610. The van der Waals surface area contributed by atoms with E-state index in [9.17, 15) is 4.79 Å². The van der Waals surface area contributed by atoms with Gasteiger partial charge in [0.05, 0.1) is 7.11 Å². The summed E-state index contributed by atoms with van der Waals surface area (Å²) in [5.41, 5.74) is -0.431. The van der Waals surface area contributed by atoms with Crippen LogP contribution in [-0.2, 0) is 9.53 Å². The number of carbonyl (C=O) groups excluding carboxylic acids is 1. The highest BCUT2D eigenvalue weighted by Gasteiger charge is 2.49. The number of methoxy groups -OCH3 is 1. The fourth-order valence-electron chi connectivity index (χ4n) is 3.77. The molecule has 1 heterocycles. The highest BCUT2D eigenvalue weighted by molar-refractivity contribution is 5.81. The third-order valence-corrected chi connectivity index (χ3v) is 5.02. The molecule has 2 saturated carbocycles. The molecule has 3 fully saturated rings. The van der Waals surface area contributed by atoms with Crippen molar-refractivity contribution in [1.29, 1.82) is 0 Å². The van der Waals surface area contributed by atoms with Gasteiger partial charge < -0.3 is 4.74 Å². The van der Waals surface area contributed by atoms with Crippen molar-refractivity contribution >= 4 is 5.97 Å². The quantitative estimate of drug-likeness (QED) is 0.786. The summed E-state index contributed by atoms with van der Waals surface area (Å²) in [6.45, 7) is 1.89. The molecule has 1 N–H and O–H groups in total. The topological polar surface area (TPSA) is 41.6 Å². The van der Waals surface area contributed by atoms with E-state index in [1.54, 1.807) is 0 Å². The number of esters is 1. The number of hydrogen-bond acceptors (Lipinski definition) is 4. The third-order valence-electron chi connectivity index (χ3n) is 5.02. The molecule has 0 amide bonds. The maximum absolute atomic E-state index is 12.3. The third kappa shape index (κ3) is 2.79. The number of likely N-dealkylation sites (tertiary alicyclic amines) is 1. The van der Waals surface area contributed by atoms with Crippen LogP contribution < -0.4 is 5.32 Å². The summed E-state index contributed by atoms with van der Waals surface area (Å²) in [4.78, 5) is 14.8. The molecule has 0 spiro atoms. The minimum absolute atomic E-state index is 0.0544. The summed E-state index contributed by atoms with van der Waals surface area (Å²) >= 11 is 0. The number of carbonyl (C=O) groups is 1. The number of nitrogens with zero attached hydrogens (tertiary/aromatic N) is 1. The van der Waals surface area contributed by atoms with Crippen LogP contribution in [0.1, 0.15) is 51.4 Å². The molecule has 0 radical (unpaired) electrons. The van der Waals surface area contributed by atoms with Gasteiger partial charge in [-0.3, -0.25) is 15.0 Å². The van der Waals surface area contributed by atoms with Crippen molar-refractivity contribution < 1.29 is 9.53 Å². The Kier molecular flexibility index (Phi) is 3.81. The van der Waals surface area contributed by atoms with Crippen LogP contribution in [0.5, 0.6) is 0 Å². The van der Waals surface area contributed by atoms with Crippen LogP contribution in [0.15, 0.2) is 0 Å². The fourth-order valence-corrected chi connectivity index (χ4v) is 3.77. The molecule has 1 saturated heterocycles. The Labute approximate surface area is 115 Å². The van der Waals surface area contributed by atoms with E-state index < -0.39 is 5.54 Å². The van der Waals surface area contributed by atoms with Gasteiger partial charge in [-0.2, -0.15) is 0 Å². The first kappa shape index (κ1) is 13.4. The van der Waals surface area contributed by atoms with Crippen LogP contribution in [0.4, 0.5) is 0 Å². The van der Waals surface area contributed by atoms with Gasteiger partial charge in [0.1, 0.15) is 5.54 Å². The summed E-state index contributed by atoms with van der Waals surface area (Å²) in [6.07, 6.45) is 9.87. The minimum atomic E-state index is -0.431. The molecule has 0 aromatic rings. The van der Waals surface area contributed by atoms with E-state index in [1.165, 1.54) is 52.1 Å². The largest absolute Gasteiger partial charge is 0.468 e. The van der Waals surface area contributed by atoms with Crippen molar-refractivity contribution in [3.05, 3.63) is 0 Å². The van der Waals surface area contributed by atoms with E-state index in [-0.39, 0.29) is 5.97 Å². The smallest absolute Gasteiger partial charge is 0.327 e. The van der Waals surface area contributed by atoms with Crippen LogP contribution in [0, 0.1) is 0 Å². The molecule has 1 atom stereocenters. The molecule has 1 unspecified atom stereocenters. The predicted octanol–water partition coefficient (Wildman–Crippen LogP) is 1.69. The Balaban J connectivity index is 1.67. The van der Waals surface area contributed by atoms with Crippen molar-refractivity contribution in [3.8, 4) is 0 Å². The first-order chi connectivity index (χ1) is 9.23. The Bertz CT molecular complexity index is 337. The van der Waals surface area contributed by atoms with Crippen LogP contribution in [0.3, 0.4) is 0 Å². The van der Waals surface area contributed by atoms with Gasteiger partial charge in [0.15, 0.2) is 0 Å². The number of nitrogens with one attached hydrogen (secondary N) is 1. The minimum Gasteiger partial charge on any atom is -0.468 e. The summed E-state index contributed by atoms with van der Waals surface area (Å²) in [6, 6.07) is 1.24. The monoisotopic (exact) mass is 266 g/mol. The zero-order valence-corrected chi connectivity index (χ0v) is 12.0. The second kappa shape index (κ2) is 5.41. The Morgan fingerprint density at radius 2 is 1.95 bits per heavy atom. The molecule has 108 valence electrons. The summed E-state index contributed by atoms with van der Waals surface area (Å²) < 4.78 is 5.10. The van der Waals surface area contributed by atoms with Crippen LogP contribution in [0.25, 0.3) is 0 Å². The predicted molar refractivity (Wildman–Crippen MR) is 74.0 cm³/mol. The lowest BCUT2D eigenvalue weighted by atomic mass is 9.90. The molecule has 3 rings (SSSR count). The van der Waals surface area contributed by atoms with Gasteiger partial charge >= 0.3 is 5.97 Å². The molecule has 4 nitrogen and oxygen atoms in total. The van der Waals surface area contributed by atoms with Gasteiger partial charge in [-0.25, -0.2) is 0 Å². The van der Waals surface area contributed by atoms with Crippen LogP contribution in [0.2, 0.25) is 0 Å². The first-order valence-corrected chi connectivity index (χ1v) is 7.84. The van der Waals surface area contributed by atoms with E-state index in [1.807, 2.05) is 0 Å². The highest BCUT2D eigenvalue weighted by atomic mass is 16.5. The van der Waals surface area contributed by atoms with E-state index in [4.69, 9.17) is 4.74 Å². The van der Waals surface area contributed by atoms with E-state index >= 15 is 0 Å². The van der Waals surface area contributed by atoms with Crippen molar-refractivity contribution in [3.63, 3.8) is 0 Å². The average molecular weight is 266 g/mol. The maximum atomic E-state index is 12.3. The second-order valence-corrected chi connectivity index (χ2v) is 6.50. The van der Waals surface area contributed by atoms with E-state index in [0.717, 1.165) is 25.6 Å². The molecule has 2 aliphatic carbocycles. The fraction of sp³-hybridized carbons (Fsp3) is 0.933. The van der Waals surface area contributed by atoms with E-state index in [0.29, 0.717) is 6.04 Å². The molecule has 0 bridgehead atoms. The lowest BCUT2D eigenvalue weighted by molar-refractivity contribution is -0.148. The maximum Gasteiger partial charge on any atom is 0.327 e. The Morgan fingerprint density at radius 3 is 2.58 bits per heavy atom. The summed E-state index contributed by atoms with van der Waals surface area (Å²) in [5.74, 6) is -0.0544. The van der Waals surface area contributed by atoms with Gasteiger partial charge in [-0.1, -0.05) is 19.3 Å². The van der Waals surface area contributed by atoms with E-state index in [2.05, 4.69) is 10.2 Å². The van der Waals surface area contributed by atoms with Gasteiger partial charge in [0, 0.05) is 25.2 Å². The molecule has 1 aliphatic heterocycles. The standard InChI is InChI=1S/C15H26N2O2/c1-19-14(18)15(16-12-5-3-2-4-6-12)9-10-17(11-15)13-7-8-13/h12-13,16H,2-11H2,1H3. The summed E-state index contributed by atoms with van der Waals surface area (Å²) in [7, 11) is 1.52. The SMILES string of the molecule is COC(=O)C1(NC2CCCCC2)CCN(C2CC2)C1. The Morgan fingerprint density at radius 1 is 1.21 bits per heavy atom. The molecular weight excluding hydrogens is 240 g/mol.